The monoisotopic (exact) mass is 181 g/mol. The van der Waals surface area contributed by atoms with E-state index in [-0.39, 0.29) is 6.61 Å². The van der Waals surface area contributed by atoms with Crippen LogP contribution in [0.25, 0.3) is 0 Å². The predicted octanol–water partition coefficient (Wildman–Crippen LogP) is -0.0973. The molecule has 1 aromatic rings. The second-order valence-electron chi connectivity index (χ2n) is 3.81. The summed E-state index contributed by atoms with van der Waals surface area (Å²) in [6.07, 6.45) is 4.76. The number of hydrogen-bond donors (Lipinski definition) is 2. The van der Waals surface area contributed by atoms with Gasteiger partial charge in [0.1, 0.15) is 0 Å². The summed E-state index contributed by atoms with van der Waals surface area (Å²) in [5.74, 6) is 0. The molecule has 0 aromatic carbocycles. The molecule has 1 unspecified atom stereocenters. The van der Waals surface area contributed by atoms with Crippen LogP contribution in [0.2, 0.25) is 0 Å². The number of aryl methyl sites for hydroxylation is 2. The van der Waals surface area contributed by atoms with Crippen LogP contribution in [0.4, 0.5) is 0 Å². The van der Waals surface area contributed by atoms with Gasteiger partial charge in [-0.3, -0.25) is 4.68 Å². The van der Waals surface area contributed by atoms with Gasteiger partial charge in [0, 0.05) is 7.05 Å². The molecule has 1 aliphatic rings. The lowest BCUT2D eigenvalue weighted by atomic mass is 9.82. The molecule has 3 N–H and O–H groups in total. The first-order valence-corrected chi connectivity index (χ1v) is 4.58. The molecule has 0 aliphatic heterocycles. The highest BCUT2D eigenvalue weighted by molar-refractivity contribution is 5.28. The number of nitrogens with two attached hydrogens (primary N) is 1. The second-order valence-corrected chi connectivity index (χ2v) is 3.81. The average molecular weight is 181 g/mol. The molecule has 1 atom stereocenters. The van der Waals surface area contributed by atoms with Gasteiger partial charge in [-0.15, -0.1) is 0 Å². The Kier molecular flexibility index (Phi) is 1.89. The normalized spacial score (nSPS) is 27.3. The number of fused-ring (bicyclic) bond motifs is 1. The third kappa shape index (κ3) is 1.17. The highest BCUT2D eigenvalue weighted by Crippen LogP contribution is 2.32. The van der Waals surface area contributed by atoms with E-state index in [2.05, 4.69) is 5.10 Å². The molecule has 0 saturated heterocycles. The van der Waals surface area contributed by atoms with Gasteiger partial charge in [-0.25, -0.2) is 0 Å². The van der Waals surface area contributed by atoms with Gasteiger partial charge >= 0.3 is 0 Å². The smallest absolute Gasteiger partial charge is 0.0817 e. The highest BCUT2D eigenvalue weighted by atomic mass is 16.3. The standard InChI is InChI=1S/C9H15N3O/c1-12-8-7(5-11-12)3-2-4-9(8,10)6-13/h5,13H,2-4,6,10H2,1H3. The Hall–Kier alpha value is -0.870. The van der Waals surface area contributed by atoms with E-state index >= 15 is 0 Å². The molecule has 0 amide bonds. The summed E-state index contributed by atoms with van der Waals surface area (Å²) in [7, 11) is 1.88. The molecule has 1 aliphatic carbocycles. The lowest BCUT2D eigenvalue weighted by Gasteiger charge is -2.32. The number of rotatable bonds is 1. The van der Waals surface area contributed by atoms with E-state index in [9.17, 15) is 5.11 Å². The predicted molar refractivity (Wildman–Crippen MR) is 49.1 cm³/mol. The van der Waals surface area contributed by atoms with Crippen molar-refractivity contribution in [2.45, 2.75) is 24.8 Å². The molecular formula is C9H15N3O. The van der Waals surface area contributed by atoms with Crippen molar-refractivity contribution < 1.29 is 5.11 Å². The fraction of sp³-hybridized carbons (Fsp3) is 0.667. The van der Waals surface area contributed by atoms with Crippen molar-refractivity contribution in [1.82, 2.24) is 9.78 Å². The number of hydrogen-bond acceptors (Lipinski definition) is 3. The lowest BCUT2D eigenvalue weighted by molar-refractivity contribution is 0.171. The van der Waals surface area contributed by atoms with Crippen LogP contribution in [-0.4, -0.2) is 21.5 Å². The summed E-state index contributed by atoms with van der Waals surface area (Å²) in [6, 6.07) is 0. The first kappa shape index (κ1) is 8.72. The van der Waals surface area contributed by atoms with Crippen LogP contribution in [-0.2, 0) is 19.0 Å². The fourth-order valence-corrected chi connectivity index (χ4v) is 2.17. The second kappa shape index (κ2) is 2.82. The van der Waals surface area contributed by atoms with Gasteiger partial charge in [0.2, 0.25) is 0 Å². The minimum absolute atomic E-state index is 0.000463. The van der Waals surface area contributed by atoms with Gasteiger partial charge in [-0.05, 0) is 24.8 Å². The molecule has 1 aromatic heterocycles. The van der Waals surface area contributed by atoms with Crippen molar-refractivity contribution in [2.75, 3.05) is 6.61 Å². The summed E-state index contributed by atoms with van der Waals surface area (Å²) in [4.78, 5) is 0. The molecule has 1 heterocycles. The summed E-state index contributed by atoms with van der Waals surface area (Å²) in [6.45, 7) is -0.000463. The Morgan fingerprint density at radius 3 is 3.23 bits per heavy atom. The number of aliphatic hydroxyl groups excluding tert-OH is 1. The first-order chi connectivity index (χ1) is 6.17. The van der Waals surface area contributed by atoms with Crippen LogP contribution in [0.15, 0.2) is 6.20 Å². The fourth-order valence-electron chi connectivity index (χ4n) is 2.17. The molecule has 4 nitrogen and oxygen atoms in total. The van der Waals surface area contributed by atoms with Gasteiger partial charge in [-0.2, -0.15) is 5.10 Å². The quantitative estimate of drug-likeness (QED) is 0.636. The molecule has 0 spiro atoms. The van der Waals surface area contributed by atoms with Gasteiger partial charge in [0.05, 0.1) is 24.0 Å². The zero-order chi connectivity index (χ0) is 9.47. The zero-order valence-corrected chi connectivity index (χ0v) is 7.82. The molecule has 0 saturated carbocycles. The third-order valence-electron chi connectivity index (χ3n) is 2.84. The van der Waals surface area contributed by atoms with Crippen molar-refractivity contribution in [2.24, 2.45) is 12.8 Å². The van der Waals surface area contributed by atoms with Crippen molar-refractivity contribution in [1.29, 1.82) is 0 Å². The Morgan fingerprint density at radius 1 is 1.77 bits per heavy atom. The Labute approximate surface area is 77.4 Å². The topological polar surface area (TPSA) is 64.1 Å². The SMILES string of the molecule is Cn1ncc2c1C(N)(CO)CCC2. The lowest BCUT2D eigenvalue weighted by Crippen LogP contribution is -2.44. The summed E-state index contributed by atoms with van der Waals surface area (Å²) in [5.41, 5.74) is 7.72. The zero-order valence-electron chi connectivity index (χ0n) is 7.82. The minimum Gasteiger partial charge on any atom is -0.394 e. The van der Waals surface area contributed by atoms with Crippen LogP contribution < -0.4 is 5.73 Å². The Morgan fingerprint density at radius 2 is 2.54 bits per heavy atom. The number of aliphatic hydroxyl groups is 1. The van der Waals surface area contributed by atoms with Gasteiger partial charge < -0.3 is 10.8 Å². The molecule has 13 heavy (non-hydrogen) atoms. The van der Waals surface area contributed by atoms with Crippen molar-refractivity contribution in [3.8, 4) is 0 Å². The maximum atomic E-state index is 9.27. The molecular weight excluding hydrogens is 166 g/mol. The van der Waals surface area contributed by atoms with Gasteiger partial charge in [0.25, 0.3) is 0 Å². The molecule has 0 bridgehead atoms. The van der Waals surface area contributed by atoms with Crippen LogP contribution in [0.1, 0.15) is 24.1 Å². The molecule has 72 valence electrons. The van der Waals surface area contributed by atoms with E-state index < -0.39 is 5.54 Å². The van der Waals surface area contributed by atoms with Gasteiger partial charge in [-0.1, -0.05) is 0 Å². The Bertz CT molecular complexity index is 321. The van der Waals surface area contributed by atoms with Crippen molar-refractivity contribution >= 4 is 0 Å². The van der Waals surface area contributed by atoms with E-state index in [1.54, 1.807) is 4.68 Å². The number of aromatic nitrogens is 2. The Balaban J connectivity index is 2.52. The molecule has 2 rings (SSSR count). The van der Waals surface area contributed by atoms with Crippen molar-refractivity contribution in [3.63, 3.8) is 0 Å². The molecule has 4 heteroatoms. The van der Waals surface area contributed by atoms with E-state index in [0.717, 1.165) is 25.0 Å². The summed E-state index contributed by atoms with van der Waals surface area (Å²) < 4.78 is 1.78. The minimum atomic E-state index is -0.571. The van der Waals surface area contributed by atoms with E-state index in [0.29, 0.717) is 0 Å². The summed E-state index contributed by atoms with van der Waals surface area (Å²) in [5, 5.41) is 13.4. The largest absolute Gasteiger partial charge is 0.394 e. The van der Waals surface area contributed by atoms with Crippen molar-refractivity contribution in [3.05, 3.63) is 17.5 Å². The average Bonchev–Trinajstić information content (AvgIpc) is 2.50. The van der Waals surface area contributed by atoms with E-state index in [1.807, 2.05) is 13.2 Å². The number of nitrogens with zero attached hydrogens (tertiary/aromatic N) is 2. The van der Waals surface area contributed by atoms with E-state index in [1.165, 1.54) is 5.56 Å². The van der Waals surface area contributed by atoms with Gasteiger partial charge in [0.15, 0.2) is 0 Å². The first-order valence-electron chi connectivity index (χ1n) is 4.58. The maximum absolute atomic E-state index is 9.27. The van der Waals surface area contributed by atoms with Crippen LogP contribution in [0.3, 0.4) is 0 Å². The molecule has 0 radical (unpaired) electrons. The van der Waals surface area contributed by atoms with Crippen LogP contribution >= 0.6 is 0 Å². The molecule has 0 fully saturated rings. The highest BCUT2D eigenvalue weighted by Gasteiger charge is 2.35. The van der Waals surface area contributed by atoms with Crippen LogP contribution in [0, 0.1) is 0 Å². The summed E-state index contributed by atoms with van der Waals surface area (Å²) >= 11 is 0. The maximum Gasteiger partial charge on any atom is 0.0817 e. The van der Waals surface area contributed by atoms with Crippen LogP contribution in [0.5, 0.6) is 0 Å². The van der Waals surface area contributed by atoms with E-state index in [4.69, 9.17) is 5.73 Å². The third-order valence-corrected chi connectivity index (χ3v) is 2.84.